The van der Waals surface area contributed by atoms with Crippen LogP contribution in [0.3, 0.4) is 0 Å². The lowest BCUT2D eigenvalue weighted by Crippen LogP contribution is -2.30. The van der Waals surface area contributed by atoms with Gasteiger partial charge in [-0.3, -0.25) is 9.59 Å². The average molecular weight is 327 g/mol. The molecule has 0 spiro atoms. The highest BCUT2D eigenvalue weighted by atomic mass is 16.5. The Bertz CT molecular complexity index is 712. The van der Waals surface area contributed by atoms with Crippen molar-refractivity contribution in [1.29, 1.82) is 0 Å². The molecule has 0 aliphatic heterocycles. The Balaban J connectivity index is 1.81. The van der Waals surface area contributed by atoms with E-state index in [-0.39, 0.29) is 12.5 Å². The summed E-state index contributed by atoms with van der Waals surface area (Å²) in [6.07, 6.45) is 1.50. The Morgan fingerprint density at radius 1 is 1.17 bits per heavy atom. The number of rotatable bonds is 8. The summed E-state index contributed by atoms with van der Waals surface area (Å²) in [6, 6.07) is 12.9. The van der Waals surface area contributed by atoms with Gasteiger partial charge in [0.15, 0.2) is 18.1 Å². The second kappa shape index (κ2) is 8.72. The summed E-state index contributed by atoms with van der Waals surface area (Å²) in [5, 5.41) is 2.83. The van der Waals surface area contributed by atoms with Crippen molar-refractivity contribution in [1.82, 2.24) is 5.32 Å². The van der Waals surface area contributed by atoms with E-state index in [2.05, 4.69) is 24.4 Å². The van der Waals surface area contributed by atoms with Gasteiger partial charge in [0.1, 0.15) is 6.29 Å². The van der Waals surface area contributed by atoms with Crippen molar-refractivity contribution < 1.29 is 19.1 Å². The van der Waals surface area contributed by atoms with Gasteiger partial charge in [-0.2, -0.15) is 0 Å². The topological polar surface area (TPSA) is 64.6 Å². The van der Waals surface area contributed by atoms with Gasteiger partial charge in [-0.25, -0.2) is 0 Å². The minimum Gasteiger partial charge on any atom is -0.493 e. The third-order valence-electron chi connectivity index (χ3n) is 3.66. The number of nitrogens with one attached hydrogen (secondary N) is 1. The molecule has 5 nitrogen and oxygen atoms in total. The Kier molecular flexibility index (Phi) is 6.37. The lowest BCUT2D eigenvalue weighted by molar-refractivity contribution is -0.123. The van der Waals surface area contributed by atoms with Crippen LogP contribution >= 0.6 is 0 Å². The molecule has 0 bridgehead atoms. The number of benzene rings is 2. The molecular weight excluding hydrogens is 306 g/mol. The number of aldehydes is 1. The predicted octanol–water partition coefficient (Wildman–Crippen LogP) is 2.55. The third-order valence-corrected chi connectivity index (χ3v) is 3.66. The van der Waals surface area contributed by atoms with Crippen molar-refractivity contribution >= 4 is 12.2 Å². The normalized spacial score (nSPS) is 10.1. The zero-order valence-corrected chi connectivity index (χ0v) is 13.9. The van der Waals surface area contributed by atoms with Crippen LogP contribution in [0.2, 0.25) is 0 Å². The van der Waals surface area contributed by atoms with E-state index in [4.69, 9.17) is 9.47 Å². The fourth-order valence-corrected chi connectivity index (χ4v) is 2.30. The summed E-state index contributed by atoms with van der Waals surface area (Å²) >= 11 is 0. The van der Waals surface area contributed by atoms with Crippen molar-refractivity contribution in [3.8, 4) is 11.5 Å². The molecule has 2 aromatic rings. The van der Waals surface area contributed by atoms with E-state index in [9.17, 15) is 9.59 Å². The van der Waals surface area contributed by atoms with Crippen molar-refractivity contribution in [2.75, 3.05) is 20.3 Å². The van der Waals surface area contributed by atoms with Crippen molar-refractivity contribution in [3.63, 3.8) is 0 Å². The van der Waals surface area contributed by atoms with Crippen molar-refractivity contribution in [2.24, 2.45) is 0 Å². The number of carbonyl (C=O) groups excluding carboxylic acids is 2. The Labute approximate surface area is 141 Å². The Hall–Kier alpha value is -2.82. The molecule has 2 aromatic carbocycles. The molecule has 2 rings (SSSR count). The average Bonchev–Trinajstić information content (AvgIpc) is 2.61. The zero-order valence-electron chi connectivity index (χ0n) is 13.9. The second-order valence-corrected chi connectivity index (χ2v) is 5.34. The van der Waals surface area contributed by atoms with Crippen LogP contribution in [-0.2, 0) is 11.2 Å². The first-order valence-corrected chi connectivity index (χ1v) is 7.71. The number of hydrogen-bond acceptors (Lipinski definition) is 4. The number of aryl methyl sites for hydroxylation is 1. The number of ether oxygens (including phenoxy) is 2. The van der Waals surface area contributed by atoms with E-state index in [1.54, 1.807) is 18.2 Å². The first kappa shape index (κ1) is 17.5. The number of methoxy groups -OCH3 is 1. The van der Waals surface area contributed by atoms with Gasteiger partial charge < -0.3 is 14.8 Å². The van der Waals surface area contributed by atoms with Gasteiger partial charge in [-0.15, -0.1) is 0 Å². The molecule has 24 heavy (non-hydrogen) atoms. The fourth-order valence-electron chi connectivity index (χ4n) is 2.30. The third kappa shape index (κ3) is 4.84. The minimum atomic E-state index is -0.204. The zero-order chi connectivity index (χ0) is 17.4. The molecule has 0 saturated carbocycles. The maximum Gasteiger partial charge on any atom is 0.257 e. The van der Waals surface area contributed by atoms with Gasteiger partial charge in [0, 0.05) is 12.1 Å². The molecule has 0 unspecified atom stereocenters. The standard InChI is InChI=1S/C19H21NO4/c1-14-5-3-4-6-16(14)9-10-20-19(22)13-24-17-8-7-15(12-21)11-18(17)23-2/h3-8,11-12H,9-10,13H2,1-2H3,(H,20,22). The summed E-state index contributed by atoms with van der Waals surface area (Å²) in [5.74, 6) is 0.648. The smallest absolute Gasteiger partial charge is 0.257 e. The Morgan fingerprint density at radius 2 is 1.96 bits per heavy atom. The largest absolute Gasteiger partial charge is 0.493 e. The molecule has 0 fully saturated rings. The van der Waals surface area contributed by atoms with Gasteiger partial charge >= 0.3 is 0 Å². The van der Waals surface area contributed by atoms with E-state index >= 15 is 0 Å². The SMILES string of the molecule is COc1cc(C=O)ccc1OCC(=O)NCCc1ccccc1C. The van der Waals surface area contributed by atoms with Crippen LogP contribution in [0.15, 0.2) is 42.5 Å². The maximum atomic E-state index is 11.9. The van der Waals surface area contributed by atoms with Crippen LogP contribution in [0.25, 0.3) is 0 Å². The number of carbonyl (C=O) groups is 2. The fraction of sp³-hybridized carbons (Fsp3) is 0.263. The molecule has 0 aromatic heterocycles. The van der Waals surface area contributed by atoms with E-state index in [0.717, 1.165) is 12.7 Å². The summed E-state index contributed by atoms with van der Waals surface area (Å²) in [4.78, 5) is 22.6. The van der Waals surface area contributed by atoms with Crippen LogP contribution in [-0.4, -0.2) is 32.5 Å². The summed E-state index contributed by atoms with van der Waals surface area (Å²) in [7, 11) is 1.49. The summed E-state index contributed by atoms with van der Waals surface area (Å²) in [5.41, 5.74) is 2.91. The van der Waals surface area contributed by atoms with Gasteiger partial charge in [-0.1, -0.05) is 24.3 Å². The molecule has 0 saturated heterocycles. The van der Waals surface area contributed by atoms with Gasteiger partial charge in [0.05, 0.1) is 7.11 Å². The number of hydrogen-bond donors (Lipinski definition) is 1. The highest BCUT2D eigenvalue weighted by Gasteiger charge is 2.08. The highest BCUT2D eigenvalue weighted by molar-refractivity contribution is 5.78. The van der Waals surface area contributed by atoms with Gasteiger partial charge in [0.25, 0.3) is 5.91 Å². The van der Waals surface area contributed by atoms with Crippen molar-refractivity contribution in [3.05, 3.63) is 59.2 Å². The van der Waals surface area contributed by atoms with Crippen LogP contribution in [0.1, 0.15) is 21.5 Å². The van der Waals surface area contributed by atoms with Crippen LogP contribution < -0.4 is 14.8 Å². The molecule has 0 heterocycles. The van der Waals surface area contributed by atoms with E-state index in [1.807, 2.05) is 12.1 Å². The van der Waals surface area contributed by atoms with Gasteiger partial charge in [0.2, 0.25) is 0 Å². The molecule has 1 N–H and O–H groups in total. The van der Waals surface area contributed by atoms with E-state index < -0.39 is 0 Å². The van der Waals surface area contributed by atoms with Crippen LogP contribution in [0.5, 0.6) is 11.5 Å². The first-order valence-electron chi connectivity index (χ1n) is 7.71. The molecule has 0 atom stereocenters. The summed E-state index contributed by atoms with van der Waals surface area (Å²) < 4.78 is 10.6. The Morgan fingerprint density at radius 3 is 2.67 bits per heavy atom. The highest BCUT2D eigenvalue weighted by Crippen LogP contribution is 2.27. The lowest BCUT2D eigenvalue weighted by Gasteiger charge is -2.11. The van der Waals surface area contributed by atoms with Crippen molar-refractivity contribution in [2.45, 2.75) is 13.3 Å². The maximum absolute atomic E-state index is 11.9. The molecule has 0 aliphatic rings. The molecule has 1 amide bonds. The second-order valence-electron chi connectivity index (χ2n) is 5.34. The van der Waals surface area contributed by atoms with Gasteiger partial charge in [-0.05, 0) is 42.7 Å². The first-order chi connectivity index (χ1) is 11.6. The van der Waals surface area contributed by atoms with E-state index in [1.165, 1.54) is 18.2 Å². The molecule has 0 radical (unpaired) electrons. The molecule has 5 heteroatoms. The minimum absolute atomic E-state index is 0.107. The van der Waals surface area contributed by atoms with Crippen LogP contribution in [0.4, 0.5) is 0 Å². The quantitative estimate of drug-likeness (QED) is 0.757. The molecular formula is C19H21NO4. The summed E-state index contributed by atoms with van der Waals surface area (Å²) in [6.45, 7) is 2.49. The number of amides is 1. The molecule has 126 valence electrons. The van der Waals surface area contributed by atoms with E-state index in [0.29, 0.717) is 23.6 Å². The predicted molar refractivity (Wildman–Crippen MR) is 91.8 cm³/mol. The monoisotopic (exact) mass is 327 g/mol. The van der Waals surface area contributed by atoms with Crippen LogP contribution in [0, 0.1) is 6.92 Å². The lowest BCUT2D eigenvalue weighted by atomic mass is 10.1. The molecule has 0 aliphatic carbocycles.